The molecule has 0 saturated carbocycles. The topological polar surface area (TPSA) is 104 Å². The number of hydrogen-bond donors (Lipinski definition) is 2. The van der Waals surface area contributed by atoms with Crippen molar-refractivity contribution in [2.24, 2.45) is 0 Å². The number of nitrogens with zero attached hydrogens (tertiary/aromatic N) is 1. The van der Waals surface area contributed by atoms with Crippen molar-refractivity contribution in [3.05, 3.63) is 70.2 Å². The van der Waals surface area contributed by atoms with E-state index in [4.69, 9.17) is 23.2 Å². The molecule has 0 spiro atoms. The highest BCUT2D eigenvalue weighted by Gasteiger charge is 2.36. The molecule has 0 aromatic heterocycles. The Morgan fingerprint density at radius 3 is 2.32 bits per heavy atom. The summed E-state index contributed by atoms with van der Waals surface area (Å²) in [6.45, 7) is 1.89. The minimum atomic E-state index is -4.37. The van der Waals surface area contributed by atoms with Gasteiger partial charge >= 0.3 is 5.97 Å². The first kappa shape index (κ1) is 25.8. The van der Waals surface area contributed by atoms with Crippen LogP contribution >= 0.6 is 23.2 Å². The van der Waals surface area contributed by atoms with Crippen molar-refractivity contribution in [2.45, 2.75) is 37.1 Å². The van der Waals surface area contributed by atoms with Crippen LogP contribution in [0, 0.1) is 0 Å². The fourth-order valence-corrected chi connectivity index (χ4v) is 6.11. The highest BCUT2D eigenvalue weighted by molar-refractivity contribution is 7.93. The third kappa shape index (κ3) is 5.29. The van der Waals surface area contributed by atoms with Crippen molar-refractivity contribution in [1.82, 2.24) is 5.32 Å². The van der Waals surface area contributed by atoms with Crippen LogP contribution in [-0.2, 0) is 14.8 Å². The highest BCUT2D eigenvalue weighted by Crippen LogP contribution is 2.33. The fraction of sp³-hybridized carbons (Fsp3) is 0.250. The molecule has 3 aromatic carbocycles. The van der Waals surface area contributed by atoms with Crippen LogP contribution in [0.1, 0.15) is 36.5 Å². The Bertz CT molecular complexity index is 1320. The van der Waals surface area contributed by atoms with E-state index < -0.39 is 22.0 Å². The Hall–Kier alpha value is -2.81. The standard InChI is InChI=1S/C24H24Cl2N2O5S/c1-3-4-8-22(24(30)31)28(34(32,33)19-13-16(25)12-17(26)14-19)18-9-10-20-15(11-18)6-5-7-21(20)23(29)27-2/h5-7,9-14,22H,3-4,8H2,1-2H3,(H,27,29)(H,30,31). The van der Waals surface area contributed by atoms with Gasteiger partial charge in [-0.15, -0.1) is 0 Å². The van der Waals surface area contributed by atoms with Crippen LogP contribution in [0.2, 0.25) is 10.0 Å². The van der Waals surface area contributed by atoms with Crippen LogP contribution in [-0.4, -0.2) is 38.5 Å². The maximum atomic E-state index is 13.8. The molecule has 0 radical (unpaired) electrons. The number of fused-ring (bicyclic) bond motifs is 1. The molecular weight excluding hydrogens is 499 g/mol. The second-order valence-electron chi connectivity index (χ2n) is 7.69. The number of nitrogens with one attached hydrogen (secondary N) is 1. The number of halogens is 2. The van der Waals surface area contributed by atoms with E-state index in [0.29, 0.717) is 29.2 Å². The van der Waals surface area contributed by atoms with Crippen LogP contribution in [0.5, 0.6) is 0 Å². The second kappa shape index (κ2) is 10.6. The predicted octanol–water partition coefficient (Wildman–Crippen LogP) is 5.34. The van der Waals surface area contributed by atoms with Gasteiger partial charge in [0.2, 0.25) is 0 Å². The van der Waals surface area contributed by atoms with Crippen molar-refractivity contribution in [3.63, 3.8) is 0 Å². The normalized spacial score (nSPS) is 12.4. The summed E-state index contributed by atoms with van der Waals surface area (Å²) in [5.74, 6) is -1.56. The lowest BCUT2D eigenvalue weighted by molar-refractivity contribution is -0.138. The zero-order valence-corrected chi connectivity index (χ0v) is 20.9. The summed E-state index contributed by atoms with van der Waals surface area (Å²) in [5, 5.41) is 14.0. The Balaban J connectivity index is 2.26. The first-order valence-electron chi connectivity index (χ1n) is 10.6. The molecule has 0 aliphatic carbocycles. The average Bonchev–Trinajstić information content (AvgIpc) is 2.79. The summed E-state index contributed by atoms with van der Waals surface area (Å²) in [4.78, 5) is 24.3. The molecule has 0 saturated heterocycles. The molecule has 0 aliphatic heterocycles. The first-order chi connectivity index (χ1) is 16.1. The van der Waals surface area contributed by atoms with Gasteiger partial charge in [0.05, 0.1) is 10.6 Å². The van der Waals surface area contributed by atoms with E-state index in [1.807, 2.05) is 6.92 Å². The van der Waals surface area contributed by atoms with E-state index in [1.165, 1.54) is 31.3 Å². The van der Waals surface area contributed by atoms with Gasteiger partial charge in [0.15, 0.2) is 0 Å². The minimum Gasteiger partial charge on any atom is -0.480 e. The van der Waals surface area contributed by atoms with Gasteiger partial charge in [0.1, 0.15) is 6.04 Å². The van der Waals surface area contributed by atoms with Gasteiger partial charge in [-0.1, -0.05) is 61.2 Å². The van der Waals surface area contributed by atoms with Crippen molar-refractivity contribution in [2.75, 3.05) is 11.4 Å². The lowest BCUT2D eigenvalue weighted by atomic mass is 10.0. The van der Waals surface area contributed by atoms with Gasteiger partial charge < -0.3 is 10.4 Å². The maximum absolute atomic E-state index is 13.8. The quantitative estimate of drug-likeness (QED) is 0.394. The van der Waals surface area contributed by atoms with Crippen LogP contribution in [0.15, 0.2) is 59.5 Å². The van der Waals surface area contributed by atoms with Gasteiger partial charge in [-0.2, -0.15) is 0 Å². The van der Waals surface area contributed by atoms with Crippen molar-refractivity contribution < 1.29 is 23.1 Å². The Morgan fingerprint density at radius 2 is 1.74 bits per heavy atom. The van der Waals surface area contributed by atoms with Crippen LogP contribution in [0.25, 0.3) is 10.8 Å². The van der Waals surface area contributed by atoms with Crippen molar-refractivity contribution in [1.29, 1.82) is 0 Å². The molecule has 3 aromatic rings. The van der Waals surface area contributed by atoms with Gasteiger partial charge in [0, 0.05) is 22.7 Å². The smallest absolute Gasteiger partial charge is 0.327 e. The number of sulfonamides is 1. The number of hydrogen-bond acceptors (Lipinski definition) is 4. The van der Waals surface area contributed by atoms with Crippen molar-refractivity contribution >= 4 is 61.6 Å². The molecule has 0 fully saturated rings. The molecule has 1 atom stereocenters. The molecule has 7 nitrogen and oxygen atoms in total. The number of carbonyl (C=O) groups is 2. The van der Waals surface area contributed by atoms with Gasteiger partial charge in [-0.05, 0) is 53.6 Å². The molecule has 1 unspecified atom stereocenters. The zero-order valence-electron chi connectivity index (χ0n) is 18.6. The fourth-order valence-electron chi connectivity index (χ4n) is 3.76. The number of benzene rings is 3. The summed E-state index contributed by atoms with van der Waals surface area (Å²) in [5.41, 5.74) is 0.574. The van der Waals surface area contributed by atoms with E-state index in [0.717, 1.165) is 4.31 Å². The summed E-state index contributed by atoms with van der Waals surface area (Å²) >= 11 is 12.1. The summed E-state index contributed by atoms with van der Waals surface area (Å²) in [6.07, 6.45) is 1.30. The summed E-state index contributed by atoms with van der Waals surface area (Å²) < 4.78 is 28.5. The lowest BCUT2D eigenvalue weighted by Crippen LogP contribution is -2.45. The number of carboxylic acid groups (broad SMARTS) is 1. The van der Waals surface area contributed by atoms with E-state index in [1.54, 1.807) is 30.3 Å². The number of aliphatic carboxylic acids is 1. The van der Waals surface area contributed by atoms with Gasteiger partial charge in [0.25, 0.3) is 15.9 Å². The highest BCUT2D eigenvalue weighted by atomic mass is 35.5. The minimum absolute atomic E-state index is 0.107. The van der Waals surface area contributed by atoms with Crippen LogP contribution in [0.4, 0.5) is 5.69 Å². The molecule has 3 rings (SSSR count). The molecule has 1 amide bonds. The third-order valence-electron chi connectivity index (χ3n) is 5.38. The molecule has 34 heavy (non-hydrogen) atoms. The lowest BCUT2D eigenvalue weighted by Gasteiger charge is -2.30. The number of amides is 1. The number of rotatable bonds is 9. The van der Waals surface area contributed by atoms with E-state index >= 15 is 0 Å². The zero-order chi connectivity index (χ0) is 25.0. The molecule has 0 aliphatic rings. The second-order valence-corrected chi connectivity index (χ2v) is 10.4. The number of unbranched alkanes of at least 4 members (excludes halogenated alkanes) is 1. The summed E-state index contributed by atoms with van der Waals surface area (Å²) in [7, 11) is -2.85. The predicted molar refractivity (Wildman–Crippen MR) is 134 cm³/mol. The monoisotopic (exact) mass is 522 g/mol. The Morgan fingerprint density at radius 1 is 1.06 bits per heavy atom. The van der Waals surface area contributed by atoms with Gasteiger partial charge in [-0.3, -0.25) is 9.10 Å². The number of carboxylic acids is 1. The molecule has 10 heteroatoms. The molecule has 2 N–H and O–H groups in total. The SMILES string of the molecule is CCCCC(C(=O)O)N(c1ccc2c(C(=O)NC)cccc2c1)S(=O)(=O)c1cc(Cl)cc(Cl)c1. The van der Waals surface area contributed by atoms with E-state index in [2.05, 4.69) is 5.32 Å². The largest absolute Gasteiger partial charge is 0.480 e. The third-order valence-corrected chi connectivity index (χ3v) is 7.63. The summed E-state index contributed by atoms with van der Waals surface area (Å²) in [6, 6.07) is 12.3. The average molecular weight is 523 g/mol. The van der Waals surface area contributed by atoms with E-state index in [9.17, 15) is 23.1 Å². The molecule has 180 valence electrons. The van der Waals surface area contributed by atoms with E-state index in [-0.39, 0.29) is 33.0 Å². The molecule has 0 heterocycles. The Labute approximate surface area is 208 Å². The molecular formula is C24H24Cl2N2O5S. The number of anilines is 1. The van der Waals surface area contributed by atoms with Crippen LogP contribution in [0.3, 0.4) is 0 Å². The number of carbonyl (C=O) groups excluding carboxylic acids is 1. The van der Waals surface area contributed by atoms with Gasteiger partial charge in [-0.25, -0.2) is 13.2 Å². The Kier molecular flexibility index (Phi) is 8.07. The maximum Gasteiger partial charge on any atom is 0.327 e. The van der Waals surface area contributed by atoms with Crippen molar-refractivity contribution in [3.8, 4) is 0 Å². The molecule has 0 bridgehead atoms. The first-order valence-corrected chi connectivity index (χ1v) is 12.8. The van der Waals surface area contributed by atoms with Crippen LogP contribution < -0.4 is 9.62 Å².